The third kappa shape index (κ3) is 4.57. The van der Waals surface area contributed by atoms with Crippen LogP contribution < -0.4 is 5.32 Å². The van der Waals surface area contributed by atoms with Crippen LogP contribution in [-0.2, 0) is 9.59 Å². The van der Waals surface area contributed by atoms with Gasteiger partial charge in [-0.1, -0.05) is 0 Å². The Hall–Kier alpha value is -3.16. The standard InChI is InChI=1S/C20H24FN3O4/c1-12-11-18(13(2)24(12)17-7-5-16(21)6-8-17)19(26)23(14(3)20(27)28)10-9-22-15(4)25/h5-8,11,14H,9-10H2,1-4H3,(H,22,25)(H,27,28). The molecule has 2 aromatic rings. The van der Waals surface area contributed by atoms with Crippen LogP contribution in [0.25, 0.3) is 5.69 Å². The van der Waals surface area contributed by atoms with E-state index >= 15 is 0 Å². The molecule has 7 nitrogen and oxygen atoms in total. The molecule has 0 radical (unpaired) electrons. The Morgan fingerprint density at radius 3 is 2.36 bits per heavy atom. The summed E-state index contributed by atoms with van der Waals surface area (Å²) in [4.78, 5) is 36.9. The Kier molecular flexibility index (Phi) is 6.56. The number of carboxylic acids is 1. The molecule has 2 N–H and O–H groups in total. The van der Waals surface area contributed by atoms with Crippen LogP contribution in [0.1, 0.15) is 35.6 Å². The Morgan fingerprint density at radius 2 is 1.82 bits per heavy atom. The van der Waals surface area contributed by atoms with Gasteiger partial charge in [-0.3, -0.25) is 9.59 Å². The topological polar surface area (TPSA) is 91.6 Å². The fraction of sp³-hybridized carbons (Fsp3) is 0.350. The van der Waals surface area contributed by atoms with Crippen LogP contribution in [0.15, 0.2) is 30.3 Å². The van der Waals surface area contributed by atoms with Gasteiger partial charge in [0.2, 0.25) is 5.91 Å². The zero-order chi connectivity index (χ0) is 21.0. The second-order valence-corrected chi connectivity index (χ2v) is 6.59. The minimum Gasteiger partial charge on any atom is -0.480 e. The minimum atomic E-state index is -1.14. The summed E-state index contributed by atoms with van der Waals surface area (Å²) >= 11 is 0. The monoisotopic (exact) mass is 389 g/mol. The molecule has 0 aliphatic heterocycles. The van der Waals surface area contributed by atoms with E-state index in [2.05, 4.69) is 5.32 Å². The van der Waals surface area contributed by atoms with Crippen molar-refractivity contribution in [3.05, 3.63) is 53.1 Å². The highest BCUT2D eigenvalue weighted by atomic mass is 19.1. The van der Waals surface area contributed by atoms with E-state index in [4.69, 9.17) is 0 Å². The van der Waals surface area contributed by atoms with Gasteiger partial charge in [-0.2, -0.15) is 0 Å². The molecule has 1 aromatic heterocycles. The molecule has 8 heteroatoms. The second-order valence-electron chi connectivity index (χ2n) is 6.59. The van der Waals surface area contributed by atoms with Gasteiger partial charge in [-0.15, -0.1) is 0 Å². The average Bonchev–Trinajstić information content (AvgIpc) is 2.92. The molecule has 0 spiro atoms. The normalized spacial score (nSPS) is 11.8. The summed E-state index contributed by atoms with van der Waals surface area (Å²) in [5.41, 5.74) is 2.44. The zero-order valence-corrected chi connectivity index (χ0v) is 16.3. The maximum Gasteiger partial charge on any atom is 0.326 e. The number of aliphatic carboxylic acids is 1. The first kappa shape index (κ1) is 21.1. The number of hydrogen-bond acceptors (Lipinski definition) is 3. The summed E-state index contributed by atoms with van der Waals surface area (Å²) in [5, 5.41) is 11.9. The van der Waals surface area contributed by atoms with E-state index in [9.17, 15) is 23.9 Å². The highest BCUT2D eigenvalue weighted by Crippen LogP contribution is 2.23. The van der Waals surface area contributed by atoms with Gasteiger partial charge < -0.3 is 19.9 Å². The summed E-state index contributed by atoms with van der Waals surface area (Å²) in [6.07, 6.45) is 0. The van der Waals surface area contributed by atoms with E-state index in [0.29, 0.717) is 16.9 Å². The number of carbonyl (C=O) groups is 3. The number of aromatic nitrogens is 1. The van der Waals surface area contributed by atoms with Gasteiger partial charge >= 0.3 is 5.97 Å². The largest absolute Gasteiger partial charge is 0.480 e. The van der Waals surface area contributed by atoms with Gasteiger partial charge in [-0.05, 0) is 51.1 Å². The second kappa shape index (κ2) is 8.69. The number of nitrogens with zero attached hydrogens (tertiary/aromatic N) is 2. The predicted octanol–water partition coefficient (Wildman–Crippen LogP) is 2.28. The molecular formula is C20H24FN3O4. The van der Waals surface area contributed by atoms with Crippen molar-refractivity contribution in [3.63, 3.8) is 0 Å². The van der Waals surface area contributed by atoms with Crippen molar-refractivity contribution < 1.29 is 23.9 Å². The van der Waals surface area contributed by atoms with Crippen molar-refractivity contribution in [3.8, 4) is 5.69 Å². The molecule has 0 aliphatic rings. The summed E-state index contributed by atoms with van der Waals surface area (Å²) in [6.45, 7) is 6.55. The maximum atomic E-state index is 13.2. The van der Waals surface area contributed by atoms with E-state index in [-0.39, 0.29) is 24.8 Å². The summed E-state index contributed by atoms with van der Waals surface area (Å²) in [7, 11) is 0. The molecule has 1 aromatic carbocycles. The van der Waals surface area contributed by atoms with Crippen molar-refractivity contribution in [1.29, 1.82) is 0 Å². The minimum absolute atomic E-state index is 0.0616. The van der Waals surface area contributed by atoms with Crippen molar-refractivity contribution in [2.75, 3.05) is 13.1 Å². The molecule has 2 rings (SSSR count). The molecule has 0 aliphatic carbocycles. The van der Waals surface area contributed by atoms with Gasteiger partial charge in [0.25, 0.3) is 5.91 Å². The molecular weight excluding hydrogens is 365 g/mol. The Morgan fingerprint density at radius 1 is 1.21 bits per heavy atom. The highest BCUT2D eigenvalue weighted by molar-refractivity contribution is 5.98. The molecule has 0 saturated carbocycles. The summed E-state index contributed by atoms with van der Waals surface area (Å²) < 4.78 is 15.0. The van der Waals surface area contributed by atoms with E-state index in [1.807, 2.05) is 11.5 Å². The van der Waals surface area contributed by atoms with E-state index in [1.54, 1.807) is 25.1 Å². The van der Waals surface area contributed by atoms with Crippen LogP contribution in [0.5, 0.6) is 0 Å². The lowest BCUT2D eigenvalue weighted by molar-refractivity contribution is -0.141. The van der Waals surface area contributed by atoms with E-state index in [1.165, 1.54) is 30.9 Å². The molecule has 28 heavy (non-hydrogen) atoms. The third-order valence-electron chi connectivity index (χ3n) is 4.56. The van der Waals surface area contributed by atoms with Gasteiger partial charge in [0, 0.05) is 37.1 Å². The fourth-order valence-electron chi connectivity index (χ4n) is 3.08. The summed E-state index contributed by atoms with van der Waals surface area (Å²) in [6, 6.07) is 6.51. The van der Waals surface area contributed by atoms with Crippen LogP contribution in [0, 0.1) is 19.7 Å². The van der Waals surface area contributed by atoms with Crippen LogP contribution in [0.4, 0.5) is 4.39 Å². The number of nitrogens with one attached hydrogen (secondary N) is 1. The van der Waals surface area contributed by atoms with Crippen molar-refractivity contribution >= 4 is 17.8 Å². The van der Waals surface area contributed by atoms with Gasteiger partial charge in [0.1, 0.15) is 11.9 Å². The lowest BCUT2D eigenvalue weighted by Gasteiger charge is -2.26. The Labute approximate surface area is 162 Å². The summed E-state index contributed by atoms with van der Waals surface area (Å²) in [5.74, 6) is -2.20. The number of carboxylic acid groups (broad SMARTS) is 1. The molecule has 0 saturated heterocycles. The van der Waals surface area contributed by atoms with Gasteiger partial charge in [0.05, 0.1) is 5.56 Å². The Bertz CT molecular complexity index is 890. The van der Waals surface area contributed by atoms with Gasteiger partial charge in [0.15, 0.2) is 0 Å². The zero-order valence-electron chi connectivity index (χ0n) is 16.3. The van der Waals surface area contributed by atoms with E-state index in [0.717, 1.165) is 5.69 Å². The van der Waals surface area contributed by atoms with Crippen LogP contribution >= 0.6 is 0 Å². The molecule has 0 fully saturated rings. The van der Waals surface area contributed by atoms with Crippen molar-refractivity contribution in [2.45, 2.75) is 33.7 Å². The van der Waals surface area contributed by atoms with Gasteiger partial charge in [-0.25, -0.2) is 9.18 Å². The van der Waals surface area contributed by atoms with Crippen molar-refractivity contribution in [1.82, 2.24) is 14.8 Å². The SMILES string of the molecule is CC(=O)NCCN(C(=O)c1cc(C)n(-c2ccc(F)cc2)c1C)C(C)C(=O)O. The average molecular weight is 389 g/mol. The number of benzene rings is 1. The predicted molar refractivity (Wildman–Crippen MR) is 102 cm³/mol. The fourth-order valence-corrected chi connectivity index (χ4v) is 3.08. The lowest BCUT2D eigenvalue weighted by atomic mass is 10.1. The molecule has 2 amide bonds. The number of hydrogen-bond donors (Lipinski definition) is 2. The number of rotatable bonds is 7. The first-order chi connectivity index (χ1) is 13.1. The number of aryl methyl sites for hydroxylation is 1. The quantitative estimate of drug-likeness (QED) is 0.760. The highest BCUT2D eigenvalue weighted by Gasteiger charge is 2.29. The first-order valence-corrected chi connectivity index (χ1v) is 8.86. The number of carbonyl (C=O) groups excluding carboxylic acids is 2. The van der Waals surface area contributed by atoms with Crippen LogP contribution in [0.2, 0.25) is 0 Å². The number of halogens is 1. The lowest BCUT2D eigenvalue weighted by Crippen LogP contribution is -2.46. The molecule has 0 bridgehead atoms. The third-order valence-corrected chi connectivity index (χ3v) is 4.56. The smallest absolute Gasteiger partial charge is 0.326 e. The molecule has 1 atom stereocenters. The van der Waals surface area contributed by atoms with Crippen molar-refractivity contribution in [2.24, 2.45) is 0 Å². The van der Waals surface area contributed by atoms with Crippen LogP contribution in [0.3, 0.4) is 0 Å². The Balaban J connectivity index is 2.38. The number of amides is 2. The molecule has 150 valence electrons. The first-order valence-electron chi connectivity index (χ1n) is 8.86. The molecule has 1 unspecified atom stereocenters. The van der Waals surface area contributed by atoms with E-state index < -0.39 is 17.9 Å². The maximum absolute atomic E-state index is 13.2. The molecule has 1 heterocycles. The van der Waals surface area contributed by atoms with Crippen LogP contribution in [-0.4, -0.2) is 51.5 Å².